The molecule has 0 spiro atoms. The van der Waals surface area contributed by atoms with Crippen LogP contribution >= 0.6 is 11.6 Å². The number of hydrogen-bond donors (Lipinski definition) is 0. The molecule has 0 aliphatic rings. The van der Waals surface area contributed by atoms with E-state index >= 15 is 0 Å². The van der Waals surface area contributed by atoms with Crippen molar-refractivity contribution in [2.75, 3.05) is 6.61 Å². The molecular formula is C18H35ClO2. The third kappa shape index (κ3) is 17.7. The number of unbranched alkanes of at least 4 members (excludes halogenated alkanes) is 9. The second kappa shape index (κ2) is 16.1. The van der Waals surface area contributed by atoms with E-state index in [1.165, 1.54) is 71.1 Å². The summed E-state index contributed by atoms with van der Waals surface area (Å²) in [6.45, 7) is 4.22. The van der Waals surface area contributed by atoms with Crippen LogP contribution in [0.4, 0.5) is 0 Å². The summed E-state index contributed by atoms with van der Waals surface area (Å²) in [6, 6.07) is 0. The van der Waals surface area contributed by atoms with Gasteiger partial charge in [-0.15, -0.1) is 11.6 Å². The number of esters is 1. The first kappa shape index (κ1) is 20.8. The van der Waals surface area contributed by atoms with Crippen molar-refractivity contribution in [2.45, 2.75) is 103 Å². The average Bonchev–Trinajstić information content (AvgIpc) is 2.45. The standard InChI is InChI=1S/C18H35ClO2/c1-3-4-5-6-7-8-9-10-11-12-14-18(19)15-13-16-21-17(2)20/h18H,3-16H2,1-2H3. The maximum Gasteiger partial charge on any atom is 0.302 e. The summed E-state index contributed by atoms with van der Waals surface area (Å²) in [5.41, 5.74) is 0. The maximum atomic E-state index is 10.6. The number of alkyl halides is 1. The van der Waals surface area contributed by atoms with Gasteiger partial charge in [-0.05, 0) is 19.3 Å². The average molecular weight is 319 g/mol. The number of hydrogen-bond acceptors (Lipinski definition) is 2. The second-order valence-corrected chi connectivity index (χ2v) is 6.67. The molecule has 1 atom stereocenters. The molecule has 0 aliphatic carbocycles. The zero-order chi connectivity index (χ0) is 15.8. The molecule has 0 radical (unpaired) electrons. The highest BCUT2D eigenvalue weighted by Gasteiger charge is 2.04. The summed E-state index contributed by atoms with van der Waals surface area (Å²) in [5, 5.41) is 0.245. The number of halogens is 1. The van der Waals surface area contributed by atoms with Gasteiger partial charge >= 0.3 is 5.97 Å². The molecule has 0 fully saturated rings. The van der Waals surface area contributed by atoms with Crippen LogP contribution in [0.3, 0.4) is 0 Å². The van der Waals surface area contributed by atoms with Crippen LogP contribution in [0.2, 0.25) is 0 Å². The topological polar surface area (TPSA) is 26.3 Å². The van der Waals surface area contributed by atoms with Crippen molar-refractivity contribution in [1.29, 1.82) is 0 Å². The smallest absolute Gasteiger partial charge is 0.302 e. The van der Waals surface area contributed by atoms with E-state index in [0.29, 0.717) is 6.61 Å². The van der Waals surface area contributed by atoms with Crippen molar-refractivity contribution in [2.24, 2.45) is 0 Å². The Morgan fingerprint density at radius 1 is 0.857 bits per heavy atom. The minimum Gasteiger partial charge on any atom is -0.466 e. The summed E-state index contributed by atoms with van der Waals surface area (Å²) in [6.07, 6.45) is 16.6. The zero-order valence-electron chi connectivity index (χ0n) is 14.2. The Balaban J connectivity index is 3.14. The fourth-order valence-electron chi connectivity index (χ4n) is 2.52. The van der Waals surface area contributed by atoms with Crippen LogP contribution in [0.15, 0.2) is 0 Å². The quantitative estimate of drug-likeness (QED) is 0.203. The Bertz CT molecular complexity index is 231. The lowest BCUT2D eigenvalue weighted by Gasteiger charge is -2.09. The van der Waals surface area contributed by atoms with E-state index < -0.39 is 0 Å². The predicted molar refractivity (Wildman–Crippen MR) is 92.0 cm³/mol. The van der Waals surface area contributed by atoms with E-state index in [-0.39, 0.29) is 11.3 Å². The van der Waals surface area contributed by atoms with Crippen LogP contribution < -0.4 is 0 Å². The van der Waals surface area contributed by atoms with Crippen LogP contribution in [-0.2, 0) is 9.53 Å². The van der Waals surface area contributed by atoms with Gasteiger partial charge in [0.1, 0.15) is 0 Å². The molecule has 0 aromatic carbocycles. The number of carbonyl (C=O) groups is 1. The molecule has 0 aromatic rings. The van der Waals surface area contributed by atoms with Crippen LogP contribution in [0, 0.1) is 0 Å². The van der Waals surface area contributed by atoms with Gasteiger partial charge in [0.15, 0.2) is 0 Å². The molecule has 0 saturated heterocycles. The van der Waals surface area contributed by atoms with Gasteiger partial charge in [-0.1, -0.05) is 71.1 Å². The predicted octanol–water partition coefficient (Wildman–Crippen LogP) is 6.25. The van der Waals surface area contributed by atoms with Gasteiger partial charge in [-0.25, -0.2) is 0 Å². The van der Waals surface area contributed by atoms with Crippen molar-refractivity contribution in [1.82, 2.24) is 0 Å². The SMILES string of the molecule is CCCCCCCCCCCCC(Cl)CCCOC(C)=O. The van der Waals surface area contributed by atoms with E-state index in [9.17, 15) is 4.79 Å². The lowest BCUT2D eigenvalue weighted by atomic mass is 10.0. The molecule has 0 bridgehead atoms. The summed E-state index contributed by atoms with van der Waals surface area (Å²) < 4.78 is 4.90. The van der Waals surface area contributed by atoms with Gasteiger partial charge in [-0.2, -0.15) is 0 Å². The fraction of sp³-hybridized carbons (Fsp3) is 0.944. The normalized spacial score (nSPS) is 12.3. The van der Waals surface area contributed by atoms with E-state index in [4.69, 9.17) is 16.3 Å². The maximum absolute atomic E-state index is 10.6. The monoisotopic (exact) mass is 318 g/mol. The summed E-state index contributed by atoms with van der Waals surface area (Å²) in [5.74, 6) is -0.198. The first-order chi connectivity index (χ1) is 10.2. The molecule has 0 saturated carbocycles. The molecule has 126 valence electrons. The molecule has 0 amide bonds. The molecule has 1 unspecified atom stereocenters. The van der Waals surface area contributed by atoms with Gasteiger partial charge < -0.3 is 4.74 Å². The third-order valence-electron chi connectivity index (χ3n) is 3.84. The molecule has 21 heavy (non-hydrogen) atoms. The van der Waals surface area contributed by atoms with Gasteiger partial charge in [0.2, 0.25) is 0 Å². The highest BCUT2D eigenvalue weighted by atomic mass is 35.5. The molecule has 3 heteroatoms. The Labute approximate surface area is 137 Å². The van der Waals surface area contributed by atoms with Gasteiger partial charge in [0.25, 0.3) is 0 Å². The minimum atomic E-state index is -0.198. The van der Waals surface area contributed by atoms with Crippen molar-refractivity contribution < 1.29 is 9.53 Å². The Morgan fingerprint density at radius 2 is 1.33 bits per heavy atom. The van der Waals surface area contributed by atoms with Crippen LogP contribution in [-0.4, -0.2) is 18.0 Å². The summed E-state index contributed by atoms with van der Waals surface area (Å²) in [4.78, 5) is 10.6. The highest BCUT2D eigenvalue weighted by molar-refractivity contribution is 6.20. The highest BCUT2D eigenvalue weighted by Crippen LogP contribution is 2.16. The first-order valence-electron chi connectivity index (χ1n) is 8.94. The van der Waals surface area contributed by atoms with Crippen molar-refractivity contribution in [3.63, 3.8) is 0 Å². The molecular weight excluding hydrogens is 284 g/mol. The summed E-state index contributed by atoms with van der Waals surface area (Å²) in [7, 11) is 0. The van der Waals surface area contributed by atoms with Gasteiger partial charge in [0.05, 0.1) is 6.61 Å². The Hall–Kier alpha value is -0.240. The van der Waals surface area contributed by atoms with Crippen molar-refractivity contribution >= 4 is 17.6 Å². The second-order valence-electron chi connectivity index (χ2n) is 6.05. The number of ether oxygens (including phenoxy) is 1. The third-order valence-corrected chi connectivity index (χ3v) is 4.27. The largest absolute Gasteiger partial charge is 0.466 e. The lowest BCUT2D eigenvalue weighted by Crippen LogP contribution is -2.04. The molecule has 2 nitrogen and oxygen atoms in total. The number of rotatable bonds is 15. The van der Waals surface area contributed by atoms with Crippen LogP contribution in [0.1, 0.15) is 97.3 Å². The lowest BCUT2D eigenvalue weighted by molar-refractivity contribution is -0.141. The minimum absolute atomic E-state index is 0.198. The van der Waals surface area contributed by atoms with Gasteiger partial charge in [0, 0.05) is 12.3 Å². The Morgan fingerprint density at radius 3 is 1.86 bits per heavy atom. The fourth-order valence-corrected chi connectivity index (χ4v) is 2.83. The molecule has 0 rings (SSSR count). The first-order valence-corrected chi connectivity index (χ1v) is 9.38. The molecule has 0 heterocycles. The van der Waals surface area contributed by atoms with Crippen molar-refractivity contribution in [3.8, 4) is 0 Å². The van der Waals surface area contributed by atoms with E-state index in [1.54, 1.807) is 0 Å². The summed E-state index contributed by atoms with van der Waals surface area (Å²) >= 11 is 6.27. The van der Waals surface area contributed by atoms with E-state index in [1.807, 2.05) is 0 Å². The zero-order valence-corrected chi connectivity index (χ0v) is 14.9. The van der Waals surface area contributed by atoms with Gasteiger partial charge in [-0.3, -0.25) is 4.79 Å². The van der Waals surface area contributed by atoms with Crippen LogP contribution in [0.25, 0.3) is 0 Å². The van der Waals surface area contributed by atoms with Crippen LogP contribution in [0.5, 0.6) is 0 Å². The van der Waals surface area contributed by atoms with Crippen molar-refractivity contribution in [3.05, 3.63) is 0 Å². The van der Waals surface area contributed by atoms with E-state index in [0.717, 1.165) is 19.3 Å². The molecule has 0 aliphatic heterocycles. The molecule has 0 N–H and O–H groups in total. The Kier molecular flexibility index (Phi) is 16.0. The van der Waals surface area contributed by atoms with E-state index in [2.05, 4.69) is 6.92 Å². The molecule has 0 aromatic heterocycles. The number of carbonyl (C=O) groups excluding carboxylic acids is 1.